The molecular formula is C27H26N4O3. The quantitative estimate of drug-likeness (QED) is 0.420. The van der Waals surface area contributed by atoms with Crippen LogP contribution in [0.5, 0.6) is 5.75 Å². The summed E-state index contributed by atoms with van der Waals surface area (Å²) in [6.45, 7) is 4.25. The lowest BCUT2D eigenvalue weighted by atomic mass is 9.98. The molecule has 34 heavy (non-hydrogen) atoms. The number of ether oxygens (including phenoxy) is 1. The molecule has 0 spiro atoms. The predicted octanol–water partition coefficient (Wildman–Crippen LogP) is 3.99. The predicted molar refractivity (Wildman–Crippen MR) is 131 cm³/mol. The monoisotopic (exact) mass is 454 g/mol. The van der Waals surface area contributed by atoms with Gasteiger partial charge in [0.15, 0.2) is 0 Å². The highest BCUT2D eigenvalue weighted by molar-refractivity contribution is 5.79. The molecule has 1 amide bonds. The van der Waals surface area contributed by atoms with E-state index in [0.29, 0.717) is 29.3 Å². The Kier molecular flexibility index (Phi) is 7.13. The Bertz CT molecular complexity index is 1300. The van der Waals surface area contributed by atoms with Gasteiger partial charge in [-0.2, -0.15) is 0 Å². The van der Waals surface area contributed by atoms with Crippen LogP contribution in [0.25, 0.3) is 11.4 Å². The second-order valence-corrected chi connectivity index (χ2v) is 7.81. The maximum absolute atomic E-state index is 13.1. The van der Waals surface area contributed by atoms with Crippen LogP contribution < -0.4 is 15.6 Å². The fourth-order valence-electron chi connectivity index (χ4n) is 3.76. The smallest absolute Gasteiger partial charge is 0.255 e. The molecule has 1 atom stereocenters. The van der Waals surface area contributed by atoms with Crippen molar-refractivity contribution < 1.29 is 9.53 Å². The van der Waals surface area contributed by atoms with Crippen LogP contribution >= 0.6 is 0 Å². The molecule has 0 bridgehead atoms. The van der Waals surface area contributed by atoms with Crippen molar-refractivity contribution in [2.24, 2.45) is 0 Å². The number of carbonyl (C=O) groups is 1. The second kappa shape index (κ2) is 10.6. The van der Waals surface area contributed by atoms with Gasteiger partial charge >= 0.3 is 0 Å². The molecule has 0 aliphatic rings. The SMILES string of the molecule is CCOc1ccc(C(NC(=O)Cc2c(C)nc(-c3cccnc3)[nH]c2=O)c2ccccc2)cc1. The average molecular weight is 455 g/mol. The van der Waals surface area contributed by atoms with Crippen LogP contribution in [0.2, 0.25) is 0 Å². The van der Waals surface area contributed by atoms with E-state index in [2.05, 4.69) is 20.3 Å². The fourth-order valence-corrected chi connectivity index (χ4v) is 3.76. The number of hydrogen-bond acceptors (Lipinski definition) is 5. The summed E-state index contributed by atoms with van der Waals surface area (Å²) < 4.78 is 5.54. The number of pyridine rings is 1. The number of hydrogen-bond donors (Lipinski definition) is 2. The zero-order valence-electron chi connectivity index (χ0n) is 19.1. The molecular weight excluding hydrogens is 428 g/mol. The Hall–Kier alpha value is -4.26. The number of aryl methyl sites for hydroxylation is 1. The molecule has 0 aliphatic heterocycles. The zero-order chi connectivity index (χ0) is 23.9. The summed E-state index contributed by atoms with van der Waals surface area (Å²) in [5.74, 6) is 0.926. The molecule has 2 N–H and O–H groups in total. The molecule has 4 rings (SSSR count). The van der Waals surface area contributed by atoms with E-state index in [1.165, 1.54) is 0 Å². The molecule has 2 aromatic carbocycles. The van der Waals surface area contributed by atoms with E-state index in [-0.39, 0.29) is 23.9 Å². The Morgan fingerprint density at radius 2 is 1.76 bits per heavy atom. The third-order valence-corrected chi connectivity index (χ3v) is 5.46. The van der Waals surface area contributed by atoms with Crippen molar-refractivity contribution in [1.82, 2.24) is 20.3 Å². The molecule has 0 fully saturated rings. The standard InChI is InChI=1S/C27H26N4O3/c1-3-34-22-13-11-20(12-14-22)25(19-8-5-4-6-9-19)30-24(32)16-23-18(2)29-26(31-27(23)33)21-10-7-15-28-17-21/h4-15,17,25H,3,16H2,1-2H3,(H,30,32)(H,29,31,33). The zero-order valence-corrected chi connectivity index (χ0v) is 19.1. The minimum Gasteiger partial charge on any atom is -0.494 e. The van der Waals surface area contributed by atoms with E-state index in [4.69, 9.17) is 4.74 Å². The van der Waals surface area contributed by atoms with Crippen molar-refractivity contribution >= 4 is 5.91 Å². The van der Waals surface area contributed by atoms with Crippen LogP contribution in [-0.2, 0) is 11.2 Å². The van der Waals surface area contributed by atoms with Crippen LogP contribution in [0.3, 0.4) is 0 Å². The number of nitrogens with zero attached hydrogens (tertiary/aromatic N) is 2. The summed E-state index contributed by atoms with van der Waals surface area (Å²) in [7, 11) is 0. The van der Waals surface area contributed by atoms with Crippen molar-refractivity contribution in [3.63, 3.8) is 0 Å². The van der Waals surface area contributed by atoms with Crippen molar-refractivity contribution in [2.75, 3.05) is 6.61 Å². The summed E-state index contributed by atoms with van der Waals surface area (Å²) in [5.41, 5.74) is 3.07. The highest BCUT2D eigenvalue weighted by Crippen LogP contribution is 2.24. The minimum atomic E-state index is -0.369. The molecule has 7 nitrogen and oxygen atoms in total. The molecule has 0 aliphatic carbocycles. The normalized spacial score (nSPS) is 11.6. The summed E-state index contributed by atoms with van der Waals surface area (Å²) in [4.78, 5) is 37.2. The van der Waals surface area contributed by atoms with Gasteiger partial charge in [-0.1, -0.05) is 42.5 Å². The van der Waals surface area contributed by atoms with Crippen molar-refractivity contribution in [3.8, 4) is 17.1 Å². The van der Waals surface area contributed by atoms with Crippen LogP contribution in [0.4, 0.5) is 0 Å². The van der Waals surface area contributed by atoms with E-state index in [0.717, 1.165) is 16.9 Å². The van der Waals surface area contributed by atoms with E-state index in [1.807, 2.05) is 67.6 Å². The summed E-state index contributed by atoms with van der Waals surface area (Å²) in [5, 5.41) is 3.08. The van der Waals surface area contributed by atoms with Gasteiger partial charge in [0.05, 0.1) is 19.1 Å². The summed E-state index contributed by atoms with van der Waals surface area (Å²) >= 11 is 0. The first-order valence-electron chi connectivity index (χ1n) is 11.1. The lowest BCUT2D eigenvalue weighted by Gasteiger charge is -2.20. The first kappa shape index (κ1) is 22.9. The van der Waals surface area contributed by atoms with Gasteiger partial charge in [-0.15, -0.1) is 0 Å². The Balaban J connectivity index is 1.57. The van der Waals surface area contributed by atoms with Gasteiger partial charge in [-0.3, -0.25) is 14.6 Å². The number of H-pyrrole nitrogens is 1. The van der Waals surface area contributed by atoms with Crippen molar-refractivity contribution in [3.05, 3.63) is 112 Å². The van der Waals surface area contributed by atoms with E-state index < -0.39 is 0 Å². The molecule has 2 heterocycles. The minimum absolute atomic E-state index is 0.0815. The van der Waals surface area contributed by atoms with Crippen molar-refractivity contribution in [1.29, 1.82) is 0 Å². The topological polar surface area (TPSA) is 97.0 Å². The van der Waals surface area contributed by atoms with E-state index in [9.17, 15) is 9.59 Å². The fraction of sp³-hybridized carbons (Fsp3) is 0.185. The third kappa shape index (κ3) is 5.38. The molecule has 0 saturated carbocycles. The van der Waals surface area contributed by atoms with Crippen molar-refractivity contribution in [2.45, 2.75) is 26.3 Å². The number of rotatable bonds is 8. The van der Waals surface area contributed by atoms with Gasteiger partial charge in [0.1, 0.15) is 11.6 Å². The van der Waals surface area contributed by atoms with Gasteiger partial charge < -0.3 is 15.0 Å². The number of benzene rings is 2. The third-order valence-electron chi connectivity index (χ3n) is 5.46. The summed E-state index contributed by atoms with van der Waals surface area (Å²) in [6.07, 6.45) is 3.20. The highest BCUT2D eigenvalue weighted by atomic mass is 16.5. The molecule has 1 unspecified atom stereocenters. The summed E-state index contributed by atoms with van der Waals surface area (Å²) in [6, 6.07) is 20.6. The molecule has 7 heteroatoms. The lowest BCUT2D eigenvalue weighted by molar-refractivity contribution is -0.121. The Morgan fingerprint density at radius 1 is 1.03 bits per heavy atom. The number of nitrogens with one attached hydrogen (secondary N) is 2. The molecule has 2 aromatic heterocycles. The molecule has 0 radical (unpaired) electrons. The lowest BCUT2D eigenvalue weighted by Crippen LogP contribution is -2.33. The van der Waals surface area contributed by atoms with E-state index >= 15 is 0 Å². The van der Waals surface area contributed by atoms with Crippen LogP contribution in [-0.4, -0.2) is 27.5 Å². The van der Waals surface area contributed by atoms with Gasteiger partial charge in [-0.25, -0.2) is 4.98 Å². The van der Waals surface area contributed by atoms with E-state index in [1.54, 1.807) is 25.4 Å². The highest BCUT2D eigenvalue weighted by Gasteiger charge is 2.19. The van der Waals surface area contributed by atoms with Crippen LogP contribution in [0, 0.1) is 6.92 Å². The maximum atomic E-state index is 13.1. The van der Waals surface area contributed by atoms with Crippen LogP contribution in [0.15, 0.2) is 83.9 Å². The van der Waals surface area contributed by atoms with Gasteiger partial charge in [-0.05, 0) is 49.2 Å². The van der Waals surface area contributed by atoms with Gasteiger partial charge in [0.2, 0.25) is 5.91 Å². The number of aromatic nitrogens is 3. The number of aromatic amines is 1. The molecule has 4 aromatic rings. The number of carbonyl (C=O) groups excluding carboxylic acids is 1. The molecule has 0 saturated heterocycles. The first-order valence-corrected chi connectivity index (χ1v) is 11.1. The number of amides is 1. The maximum Gasteiger partial charge on any atom is 0.255 e. The average Bonchev–Trinajstić information content (AvgIpc) is 2.86. The Labute approximate surface area is 197 Å². The van der Waals surface area contributed by atoms with Crippen LogP contribution in [0.1, 0.15) is 35.3 Å². The van der Waals surface area contributed by atoms with Gasteiger partial charge in [0.25, 0.3) is 5.56 Å². The molecule has 172 valence electrons. The Morgan fingerprint density at radius 3 is 2.41 bits per heavy atom. The second-order valence-electron chi connectivity index (χ2n) is 7.81. The largest absolute Gasteiger partial charge is 0.494 e. The van der Waals surface area contributed by atoms with Gasteiger partial charge in [0, 0.05) is 29.2 Å². The first-order chi connectivity index (χ1) is 16.5.